The smallest absolute Gasteiger partial charge is 0.306 e. The fraction of sp³-hybridized carbons (Fsp3) is 0.864. The fourth-order valence-corrected chi connectivity index (χ4v) is 6.97. The number of carbonyl (C=O) groups is 2. The van der Waals surface area contributed by atoms with Crippen LogP contribution in [0.1, 0.15) is 181 Å². The van der Waals surface area contributed by atoms with E-state index in [2.05, 4.69) is 38.2 Å². The summed E-state index contributed by atoms with van der Waals surface area (Å²) in [6.07, 6.45) is 36.4. The highest BCUT2D eigenvalue weighted by atomic mass is 31.2. The highest BCUT2D eigenvalue weighted by Crippen LogP contribution is 2.38. The van der Waals surface area contributed by atoms with E-state index in [0.29, 0.717) is 36.1 Å². The van der Waals surface area contributed by atoms with Gasteiger partial charge in [-0.2, -0.15) is 0 Å². The van der Waals surface area contributed by atoms with Crippen molar-refractivity contribution in [1.82, 2.24) is 0 Å². The van der Waals surface area contributed by atoms with Crippen molar-refractivity contribution >= 4 is 19.8 Å². The van der Waals surface area contributed by atoms with Crippen molar-refractivity contribution in [2.45, 2.75) is 199 Å². The van der Waals surface area contributed by atoms with Gasteiger partial charge in [-0.15, -0.1) is 0 Å². The number of phosphoric ester groups is 1. The van der Waals surface area contributed by atoms with Gasteiger partial charge in [0.1, 0.15) is 19.8 Å². The maximum Gasteiger partial charge on any atom is 0.306 e. The van der Waals surface area contributed by atoms with Gasteiger partial charge in [-0.25, -0.2) is 0 Å². The Labute approximate surface area is 336 Å². The van der Waals surface area contributed by atoms with Crippen LogP contribution in [0.25, 0.3) is 0 Å². The van der Waals surface area contributed by atoms with Gasteiger partial charge in [-0.05, 0) is 64.2 Å². The Bertz CT molecular complexity index is 1060. The minimum atomic E-state index is -4.63. The standard InChI is InChI=1S/C44H82NO9P/c1-6-8-10-12-14-15-16-17-18-19-20-21-22-26-31-35-44(47)53-40(39-52-55(48,49)51-37-36-45(3,4)5)38-50-43(46)34-30-27-23-25-29-33-42-41(54-42)32-28-24-13-11-9-7-2/h17-18,24,28,40-42H,6-16,19-23,25-27,29-39H2,1-5H3/b18-17-,28-24-/t40-,41?,42?/m1/s1. The first-order chi connectivity index (χ1) is 26.5. The second kappa shape index (κ2) is 33.4. The van der Waals surface area contributed by atoms with Gasteiger partial charge in [0.05, 0.1) is 40.0 Å². The molecule has 0 N–H and O–H groups in total. The predicted octanol–water partition coefficient (Wildman–Crippen LogP) is 10.7. The maximum absolute atomic E-state index is 12.7. The molecule has 0 aromatic heterocycles. The first-order valence-corrected chi connectivity index (χ1v) is 23.6. The number of quaternary nitrogens is 1. The van der Waals surface area contributed by atoms with Crippen molar-refractivity contribution in [3.63, 3.8) is 0 Å². The summed E-state index contributed by atoms with van der Waals surface area (Å²) < 4.78 is 39.7. The topological polar surface area (TPSA) is 124 Å². The SMILES string of the molecule is CCCCC/C=C\CC1OC1CCCCCCCC(=O)OC[C@H](COP(=O)([O-])OCC[N+](C)(C)C)OC(=O)CCCCCCC/C=C\CCCCCCCC. The molecule has 1 saturated heterocycles. The molecule has 0 spiro atoms. The summed E-state index contributed by atoms with van der Waals surface area (Å²) >= 11 is 0. The number of nitrogens with zero attached hydrogens (tertiary/aromatic N) is 1. The average Bonchev–Trinajstić information content (AvgIpc) is 3.89. The number of carbonyl (C=O) groups excluding carboxylic acids is 2. The lowest BCUT2D eigenvalue weighted by Crippen LogP contribution is -2.37. The molecule has 0 aromatic rings. The number of esters is 2. The molecule has 0 radical (unpaired) electrons. The molecule has 1 fully saturated rings. The highest BCUT2D eigenvalue weighted by molar-refractivity contribution is 7.45. The van der Waals surface area contributed by atoms with Crippen molar-refractivity contribution in [2.24, 2.45) is 0 Å². The Morgan fingerprint density at radius 1 is 0.655 bits per heavy atom. The lowest BCUT2D eigenvalue weighted by molar-refractivity contribution is -0.870. The van der Waals surface area contributed by atoms with E-state index < -0.39 is 32.5 Å². The summed E-state index contributed by atoms with van der Waals surface area (Å²) in [5.74, 6) is -0.865. The molecule has 1 rings (SSSR count). The molecule has 0 amide bonds. The Kier molecular flexibility index (Phi) is 31.3. The van der Waals surface area contributed by atoms with E-state index >= 15 is 0 Å². The van der Waals surface area contributed by atoms with E-state index in [4.69, 9.17) is 23.3 Å². The van der Waals surface area contributed by atoms with Crippen LogP contribution in [-0.4, -0.2) is 82.2 Å². The van der Waals surface area contributed by atoms with E-state index in [0.717, 1.165) is 77.0 Å². The Balaban J connectivity index is 2.29. The van der Waals surface area contributed by atoms with Crippen molar-refractivity contribution in [1.29, 1.82) is 0 Å². The van der Waals surface area contributed by atoms with Crippen molar-refractivity contribution in [3.8, 4) is 0 Å². The third-order valence-electron chi connectivity index (χ3n) is 9.87. The molecule has 1 heterocycles. The second-order valence-corrected chi connectivity index (χ2v) is 17.9. The van der Waals surface area contributed by atoms with Crippen molar-refractivity contribution in [3.05, 3.63) is 24.3 Å². The summed E-state index contributed by atoms with van der Waals surface area (Å²) in [4.78, 5) is 37.6. The molecular formula is C44H82NO9P. The summed E-state index contributed by atoms with van der Waals surface area (Å²) in [5, 5.41) is 0. The van der Waals surface area contributed by atoms with Crippen LogP contribution >= 0.6 is 7.82 Å². The number of unbranched alkanes of at least 4 members (excludes halogenated alkanes) is 18. The van der Waals surface area contributed by atoms with E-state index in [1.54, 1.807) is 0 Å². The van der Waals surface area contributed by atoms with Crippen LogP contribution < -0.4 is 4.89 Å². The first kappa shape index (κ1) is 51.5. The Hall–Kier alpha value is -1.55. The maximum atomic E-state index is 12.7. The zero-order valence-corrected chi connectivity index (χ0v) is 36.7. The van der Waals surface area contributed by atoms with Gasteiger partial charge in [0, 0.05) is 12.8 Å². The third kappa shape index (κ3) is 34.2. The number of epoxide rings is 1. The van der Waals surface area contributed by atoms with Crippen LogP contribution in [0.2, 0.25) is 0 Å². The minimum Gasteiger partial charge on any atom is -0.756 e. The molecular weight excluding hydrogens is 717 g/mol. The monoisotopic (exact) mass is 800 g/mol. The number of hydrogen-bond acceptors (Lipinski definition) is 9. The van der Waals surface area contributed by atoms with E-state index in [1.165, 1.54) is 64.2 Å². The van der Waals surface area contributed by atoms with Gasteiger partial charge in [0.2, 0.25) is 0 Å². The van der Waals surface area contributed by atoms with Crippen molar-refractivity contribution < 1.29 is 46.8 Å². The summed E-state index contributed by atoms with van der Waals surface area (Å²) in [6, 6.07) is 0. The molecule has 0 saturated carbocycles. The van der Waals surface area contributed by atoms with E-state index in [-0.39, 0.29) is 26.1 Å². The fourth-order valence-electron chi connectivity index (χ4n) is 6.24. The molecule has 1 aliphatic rings. The molecule has 10 nitrogen and oxygen atoms in total. The second-order valence-electron chi connectivity index (χ2n) is 16.4. The zero-order valence-electron chi connectivity index (χ0n) is 35.8. The van der Waals surface area contributed by atoms with E-state index in [1.807, 2.05) is 21.1 Å². The van der Waals surface area contributed by atoms with Gasteiger partial charge < -0.3 is 32.6 Å². The van der Waals surface area contributed by atoms with Gasteiger partial charge >= 0.3 is 11.9 Å². The molecule has 322 valence electrons. The predicted molar refractivity (Wildman–Crippen MR) is 222 cm³/mol. The summed E-state index contributed by atoms with van der Waals surface area (Å²) in [6.45, 7) is 4.15. The molecule has 55 heavy (non-hydrogen) atoms. The number of ether oxygens (including phenoxy) is 3. The molecule has 0 bridgehead atoms. The van der Waals surface area contributed by atoms with Gasteiger partial charge in [-0.3, -0.25) is 14.2 Å². The highest BCUT2D eigenvalue weighted by Gasteiger charge is 2.36. The van der Waals surface area contributed by atoms with Gasteiger partial charge in [0.15, 0.2) is 6.10 Å². The van der Waals surface area contributed by atoms with Gasteiger partial charge in [0.25, 0.3) is 7.82 Å². The Morgan fingerprint density at radius 3 is 1.78 bits per heavy atom. The van der Waals surface area contributed by atoms with Gasteiger partial charge in [-0.1, -0.05) is 128 Å². The average molecular weight is 800 g/mol. The van der Waals surface area contributed by atoms with Crippen LogP contribution in [0, 0.1) is 0 Å². The van der Waals surface area contributed by atoms with Crippen LogP contribution in [0.4, 0.5) is 0 Å². The first-order valence-electron chi connectivity index (χ1n) is 22.2. The third-order valence-corrected chi connectivity index (χ3v) is 10.8. The molecule has 0 aliphatic carbocycles. The minimum absolute atomic E-state index is 0.0368. The summed E-state index contributed by atoms with van der Waals surface area (Å²) in [7, 11) is 1.14. The Morgan fingerprint density at radius 2 is 1.16 bits per heavy atom. The van der Waals surface area contributed by atoms with Crippen LogP contribution in [-0.2, 0) is 37.4 Å². The lowest BCUT2D eigenvalue weighted by atomic mass is 10.1. The largest absolute Gasteiger partial charge is 0.756 e. The number of rotatable bonds is 39. The quantitative estimate of drug-likeness (QED) is 0.0149. The lowest BCUT2D eigenvalue weighted by Gasteiger charge is -2.28. The number of hydrogen-bond donors (Lipinski definition) is 0. The van der Waals surface area contributed by atoms with Crippen molar-refractivity contribution in [2.75, 3.05) is 47.5 Å². The van der Waals surface area contributed by atoms with Crippen LogP contribution in [0.15, 0.2) is 24.3 Å². The molecule has 3 unspecified atom stereocenters. The number of phosphoric acid groups is 1. The number of likely N-dealkylation sites (N-methyl/N-ethyl adjacent to an activating group) is 1. The molecule has 1 aliphatic heterocycles. The van der Waals surface area contributed by atoms with E-state index in [9.17, 15) is 19.0 Å². The van der Waals surface area contributed by atoms with Crippen LogP contribution in [0.3, 0.4) is 0 Å². The van der Waals surface area contributed by atoms with Crippen LogP contribution in [0.5, 0.6) is 0 Å². The number of allylic oxidation sites excluding steroid dienone is 3. The normalized spacial score (nSPS) is 17.5. The zero-order chi connectivity index (χ0) is 40.5. The molecule has 4 atom stereocenters. The molecule has 11 heteroatoms. The summed E-state index contributed by atoms with van der Waals surface area (Å²) in [5.41, 5.74) is 0. The molecule has 0 aromatic carbocycles.